The molecule has 0 spiro atoms. The first-order chi connectivity index (χ1) is 8.69. The molecule has 2 N–H and O–H groups in total. The molecule has 1 aromatic carbocycles. The van der Waals surface area contributed by atoms with Crippen molar-refractivity contribution >= 4 is 11.7 Å². The molecule has 0 bridgehead atoms. The summed E-state index contributed by atoms with van der Waals surface area (Å²) in [7, 11) is 0. The van der Waals surface area contributed by atoms with Gasteiger partial charge in [0, 0.05) is 18.8 Å². The van der Waals surface area contributed by atoms with Crippen LogP contribution in [0.15, 0.2) is 24.3 Å². The Labute approximate surface area is 109 Å². The number of carboxylic acid groups (broad SMARTS) is 1. The topological polar surface area (TPSA) is 52.6 Å². The SMILES string of the molecule is CCCN(CC)CCNc1ccccc1C(=O)O. The number of likely N-dealkylation sites (N-methyl/N-ethyl adjacent to an activating group) is 1. The number of hydrogen-bond acceptors (Lipinski definition) is 3. The Morgan fingerprint density at radius 1 is 1.28 bits per heavy atom. The predicted molar refractivity (Wildman–Crippen MR) is 74.3 cm³/mol. The third-order valence-corrected chi connectivity index (χ3v) is 2.89. The molecule has 0 aliphatic rings. The molecule has 0 radical (unpaired) electrons. The monoisotopic (exact) mass is 250 g/mol. The van der Waals surface area contributed by atoms with Crippen LogP contribution in [0.1, 0.15) is 30.6 Å². The Morgan fingerprint density at radius 2 is 2.00 bits per heavy atom. The molecule has 0 amide bonds. The molecule has 1 aromatic rings. The van der Waals surface area contributed by atoms with Crippen molar-refractivity contribution in [3.8, 4) is 0 Å². The maximum atomic E-state index is 11.0. The van der Waals surface area contributed by atoms with Crippen LogP contribution in [0.3, 0.4) is 0 Å². The zero-order valence-corrected chi connectivity index (χ0v) is 11.1. The fourth-order valence-corrected chi connectivity index (χ4v) is 1.92. The molecule has 0 saturated heterocycles. The number of para-hydroxylation sites is 1. The van der Waals surface area contributed by atoms with Gasteiger partial charge in [-0.1, -0.05) is 26.0 Å². The third-order valence-electron chi connectivity index (χ3n) is 2.89. The summed E-state index contributed by atoms with van der Waals surface area (Å²) in [5.41, 5.74) is 1.02. The average Bonchev–Trinajstić information content (AvgIpc) is 2.38. The van der Waals surface area contributed by atoms with E-state index in [2.05, 4.69) is 24.1 Å². The molecule has 0 heterocycles. The molecular formula is C14H22N2O2. The van der Waals surface area contributed by atoms with Gasteiger partial charge in [-0.05, 0) is 31.6 Å². The Bertz CT molecular complexity index is 380. The second-order valence-electron chi connectivity index (χ2n) is 4.21. The number of aromatic carboxylic acids is 1. The Morgan fingerprint density at radius 3 is 2.61 bits per heavy atom. The summed E-state index contributed by atoms with van der Waals surface area (Å²) in [5, 5.41) is 12.2. The normalized spacial score (nSPS) is 10.6. The lowest BCUT2D eigenvalue weighted by Crippen LogP contribution is -2.29. The summed E-state index contributed by atoms with van der Waals surface area (Å²) in [5.74, 6) is -0.890. The van der Waals surface area contributed by atoms with Gasteiger partial charge in [0.05, 0.1) is 5.56 Å². The number of rotatable bonds is 8. The number of nitrogens with zero attached hydrogens (tertiary/aromatic N) is 1. The molecule has 0 aliphatic carbocycles. The van der Waals surface area contributed by atoms with Crippen LogP contribution in [-0.2, 0) is 0 Å². The largest absolute Gasteiger partial charge is 0.478 e. The highest BCUT2D eigenvalue weighted by Gasteiger charge is 2.08. The van der Waals surface area contributed by atoms with E-state index in [4.69, 9.17) is 5.11 Å². The van der Waals surface area contributed by atoms with Crippen molar-refractivity contribution in [2.75, 3.05) is 31.5 Å². The highest BCUT2D eigenvalue weighted by atomic mass is 16.4. The van der Waals surface area contributed by atoms with Crippen LogP contribution < -0.4 is 5.32 Å². The van der Waals surface area contributed by atoms with Crippen molar-refractivity contribution in [3.63, 3.8) is 0 Å². The van der Waals surface area contributed by atoms with Gasteiger partial charge < -0.3 is 15.3 Å². The van der Waals surface area contributed by atoms with Gasteiger partial charge in [0.25, 0.3) is 0 Å². The van der Waals surface area contributed by atoms with Gasteiger partial charge >= 0.3 is 5.97 Å². The highest BCUT2D eigenvalue weighted by Crippen LogP contribution is 2.14. The first-order valence-electron chi connectivity index (χ1n) is 6.47. The summed E-state index contributed by atoms with van der Waals surface area (Å²) in [6.45, 7) is 8.10. The predicted octanol–water partition coefficient (Wildman–Crippen LogP) is 2.53. The van der Waals surface area contributed by atoms with E-state index in [1.165, 1.54) is 0 Å². The summed E-state index contributed by atoms with van der Waals surface area (Å²) < 4.78 is 0. The number of anilines is 1. The first-order valence-corrected chi connectivity index (χ1v) is 6.47. The number of hydrogen-bond donors (Lipinski definition) is 2. The van der Waals surface area contributed by atoms with Gasteiger partial charge in [0.1, 0.15) is 0 Å². The zero-order valence-electron chi connectivity index (χ0n) is 11.1. The molecule has 0 unspecified atom stereocenters. The Balaban J connectivity index is 2.50. The Hall–Kier alpha value is -1.55. The van der Waals surface area contributed by atoms with Crippen LogP contribution in [0.25, 0.3) is 0 Å². The minimum Gasteiger partial charge on any atom is -0.478 e. The van der Waals surface area contributed by atoms with Crippen molar-refractivity contribution in [2.45, 2.75) is 20.3 Å². The smallest absolute Gasteiger partial charge is 0.337 e. The van der Waals surface area contributed by atoms with E-state index in [0.717, 1.165) is 32.6 Å². The number of benzene rings is 1. The molecule has 100 valence electrons. The first kappa shape index (κ1) is 14.5. The minimum atomic E-state index is -0.890. The van der Waals surface area contributed by atoms with Crippen LogP contribution in [-0.4, -0.2) is 42.2 Å². The minimum absolute atomic E-state index is 0.330. The second kappa shape index (κ2) is 7.71. The fourth-order valence-electron chi connectivity index (χ4n) is 1.92. The summed E-state index contributed by atoms with van der Waals surface area (Å²) in [6.07, 6.45) is 1.14. The van der Waals surface area contributed by atoms with Crippen molar-refractivity contribution < 1.29 is 9.90 Å². The zero-order chi connectivity index (χ0) is 13.4. The number of carbonyl (C=O) groups is 1. The second-order valence-corrected chi connectivity index (χ2v) is 4.21. The van der Waals surface area contributed by atoms with Crippen LogP contribution in [0.5, 0.6) is 0 Å². The molecule has 0 fully saturated rings. The quantitative estimate of drug-likeness (QED) is 0.744. The van der Waals surface area contributed by atoms with Gasteiger partial charge in [-0.15, -0.1) is 0 Å². The summed E-state index contributed by atoms with van der Waals surface area (Å²) in [6, 6.07) is 7.01. The van der Waals surface area contributed by atoms with Gasteiger partial charge in [0.15, 0.2) is 0 Å². The van der Waals surface area contributed by atoms with Crippen LogP contribution in [0.4, 0.5) is 5.69 Å². The molecule has 0 atom stereocenters. The van der Waals surface area contributed by atoms with Crippen LogP contribution in [0.2, 0.25) is 0 Å². The van der Waals surface area contributed by atoms with Crippen LogP contribution >= 0.6 is 0 Å². The van der Waals surface area contributed by atoms with Crippen molar-refractivity contribution in [3.05, 3.63) is 29.8 Å². The van der Waals surface area contributed by atoms with Crippen molar-refractivity contribution in [1.82, 2.24) is 4.90 Å². The van der Waals surface area contributed by atoms with E-state index < -0.39 is 5.97 Å². The molecule has 0 aliphatic heterocycles. The maximum Gasteiger partial charge on any atom is 0.337 e. The number of carboxylic acids is 1. The van der Waals surface area contributed by atoms with Gasteiger partial charge in [-0.3, -0.25) is 0 Å². The van der Waals surface area contributed by atoms with E-state index in [-0.39, 0.29) is 0 Å². The van der Waals surface area contributed by atoms with E-state index in [0.29, 0.717) is 11.3 Å². The third kappa shape index (κ3) is 4.37. The molecule has 4 nitrogen and oxygen atoms in total. The lowest BCUT2D eigenvalue weighted by molar-refractivity contribution is 0.0698. The maximum absolute atomic E-state index is 11.0. The lowest BCUT2D eigenvalue weighted by Gasteiger charge is -2.20. The van der Waals surface area contributed by atoms with Crippen molar-refractivity contribution in [1.29, 1.82) is 0 Å². The molecule has 4 heteroatoms. The van der Waals surface area contributed by atoms with Gasteiger partial charge in [-0.2, -0.15) is 0 Å². The van der Waals surface area contributed by atoms with Crippen molar-refractivity contribution in [2.24, 2.45) is 0 Å². The van der Waals surface area contributed by atoms with E-state index in [1.807, 2.05) is 6.07 Å². The number of nitrogens with one attached hydrogen (secondary N) is 1. The highest BCUT2D eigenvalue weighted by molar-refractivity contribution is 5.94. The van der Waals surface area contributed by atoms with Gasteiger partial charge in [0.2, 0.25) is 0 Å². The lowest BCUT2D eigenvalue weighted by atomic mass is 10.2. The Kier molecular flexibility index (Phi) is 6.22. The van der Waals surface area contributed by atoms with Gasteiger partial charge in [-0.25, -0.2) is 4.79 Å². The molecular weight excluding hydrogens is 228 g/mol. The summed E-state index contributed by atoms with van der Waals surface area (Å²) >= 11 is 0. The van der Waals surface area contributed by atoms with E-state index >= 15 is 0 Å². The molecule has 0 saturated carbocycles. The van der Waals surface area contributed by atoms with Crippen LogP contribution in [0, 0.1) is 0 Å². The molecule has 0 aromatic heterocycles. The van der Waals surface area contributed by atoms with E-state index in [1.54, 1.807) is 18.2 Å². The summed E-state index contributed by atoms with van der Waals surface area (Å²) in [4.78, 5) is 13.4. The van der Waals surface area contributed by atoms with E-state index in [9.17, 15) is 4.79 Å². The molecule has 18 heavy (non-hydrogen) atoms. The standard InChI is InChI=1S/C14H22N2O2/c1-3-10-16(4-2)11-9-15-13-8-6-5-7-12(13)14(17)18/h5-8,15H,3-4,9-11H2,1-2H3,(H,17,18). The fraction of sp³-hybridized carbons (Fsp3) is 0.500. The average molecular weight is 250 g/mol. The molecule has 1 rings (SSSR count).